The van der Waals surface area contributed by atoms with Crippen molar-refractivity contribution in [2.24, 2.45) is 12.0 Å². The van der Waals surface area contributed by atoms with Crippen LogP contribution in [0, 0.1) is 0 Å². The van der Waals surface area contributed by atoms with E-state index in [-0.39, 0.29) is 5.91 Å². The van der Waals surface area contributed by atoms with Crippen LogP contribution in [0.15, 0.2) is 35.3 Å². The van der Waals surface area contributed by atoms with E-state index in [1.165, 1.54) is 12.5 Å². The number of hydrogen-bond acceptors (Lipinski definition) is 2. The van der Waals surface area contributed by atoms with Gasteiger partial charge in [0.1, 0.15) is 5.15 Å². The highest BCUT2D eigenvalue weighted by atomic mass is 35.5. The van der Waals surface area contributed by atoms with Crippen molar-refractivity contribution in [3.8, 4) is 0 Å². The Morgan fingerprint density at radius 2 is 1.88 bits per heavy atom. The molecule has 1 heterocycles. The van der Waals surface area contributed by atoms with E-state index in [4.69, 9.17) is 23.2 Å². The average Bonchev–Trinajstić information content (AvgIpc) is 2.86. The molecule has 1 amide bonds. The number of nitrogens with zero attached hydrogens (tertiary/aromatic N) is 2. The Labute approximate surface area is 163 Å². The number of carbonyl (C=O) groups is 1. The first kappa shape index (κ1) is 20.1. The lowest BCUT2D eigenvalue weighted by atomic mass is 10.1. The van der Waals surface area contributed by atoms with E-state index in [0.717, 1.165) is 24.3 Å². The predicted molar refractivity (Wildman–Crippen MR) is 108 cm³/mol. The number of aromatic nitrogens is 1. The van der Waals surface area contributed by atoms with Crippen LogP contribution < -0.4 is 16.0 Å². The maximum absolute atomic E-state index is 11.0. The van der Waals surface area contributed by atoms with Gasteiger partial charge in [0.05, 0.1) is 11.6 Å². The van der Waals surface area contributed by atoms with Crippen LogP contribution in [-0.4, -0.2) is 30.0 Å². The Morgan fingerprint density at radius 3 is 2.42 bits per heavy atom. The lowest BCUT2D eigenvalue weighted by Crippen LogP contribution is -2.38. The molecule has 0 radical (unpaired) electrons. The maximum Gasteiger partial charge on any atom is 0.221 e. The van der Waals surface area contributed by atoms with Gasteiger partial charge < -0.3 is 20.5 Å². The number of benzene rings is 1. The summed E-state index contributed by atoms with van der Waals surface area (Å²) in [7, 11) is 3.59. The molecular formula is C18H23Cl2N5O. The molecule has 26 heavy (non-hydrogen) atoms. The molecular weight excluding hydrogens is 373 g/mol. The van der Waals surface area contributed by atoms with Crippen molar-refractivity contribution < 1.29 is 4.79 Å². The fraction of sp³-hybridized carbons (Fsp3) is 0.333. The Morgan fingerprint density at radius 1 is 1.19 bits per heavy atom. The number of rotatable bonds is 6. The van der Waals surface area contributed by atoms with Crippen LogP contribution in [0.5, 0.6) is 0 Å². The van der Waals surface area contributed by atoms with E-state index < -0.39 is 0 Å². The Balaban J connectivity index is 1.80. The van der Waals surface area contributed by atoms with Crippen molar-refractivity contribution in [2.45, 2.75) is 19.9 Å². The van der Waals surface area contributed by atoms with Gasteiger partial charge in [0.15, 0.2) is 5.96 Å². The Hall–Kier alpha value is -2.18. The van der Waals surface area contributed by atoms with Crippen molar-refractivity contribution in [2.75, 3.05) is 18.9 Å². The molecule has 2 rings (SSSR count). The minimum atomic E-state index is -0.0740. The van der Waals surface area contributed by atoms with Crippen LogP contribution >= 0.6 is 23.2 Å². The molecule has 140 valence electrons. The summed E-state index contributed by atoms with van der Waals surface area (Å²) in [6.45, 7) is 2.79. The zero-order chi connectivity index (χ0) is 19.1. The predicted octanol–water partition coefficient (Wildman–Crippen LogP) is 3.20. The summed E-state index contributed by atoms with van der Waals surface area (Å²) >= 11 is 12.1. The highest BCUT2D eigenvalue weighted by Gasteiger charge is 2.09. The van der Waals surface area contributed by atoms with Crippen LogP contribution in [0.25, 0.3) is 0 Å². The first-order valence-electron chi connectivity index (χ1n) is 8.21. The van der Waals surface area contributed by atoms with Gasteiger partial charge in [-0.3, -0.25) is 9.79 Å². The number of carbonyl (C=O) groups excluding carboxylic acids is 1. The second-order valence-corrected chi connectivity index (χ2v) is 6.58. The average molecular weight is 396 g/mol. The minimum absolute atomic E-state index is 0.0740. The first-order chi connectivity index (χ1) is 12.4. The summed E-state index contributed by atoms with van der Waals surface area (Å²) in [6.07, 6.45) is 0.836. The van der Waals surface area contributed by atoms with Gasteiger partial charge in [-0.2, -0.15) is 0 Å². The monoisotopic (exact) mass is 395 g/mol. The normalized spacial score (nSPS) is 11.3. The van der Waals surface area contributed by atoms with E-state index in [1.807, 2.05) is 41.9 Å². The minimum Gasteiger partial charge on any atom is -0.356 e. The number of nitrogens with one attached hydrogen (secondary N) is 3. The molecule has 0 atom stereocenters. The summed E-state index contributed by atoms with van der Waals surface area (Å²) in [5.74, 6) is 0.628. The second-order valence-electron chi connectivity index (χ2n) is 5.81. The van der Waals surface area contributed by atoms with Crippen LogP contribution in [-0.2, 0) is 24.8 Å². The van der Waals surface area contributed by atoms with Gasteiger partial charge in [-0.25, -0.2) is 0 Å². The number of aliphatic imine (C=N–C) groups is 1. The summed E-state index contributed by atoms with van der Waals surface area (Å²) < 4.78 is 1.83. The Kier molecular flexibility index (Phi) is 7.36. The largest absolute Gasteiger partial charge is 0.356 e. The topological polar surface area (TPSA) is 70.4 Å². The molecule has 1 aromatic carbocycles. The molecule has 0 saturated carbocycles. The number of halogens is 2. The highest BCUT2D eigenvalue weighted by molar-refractivity contribution is 6.41. The highest BCUT2D eigenvalue weighted by Crippen LogP contribution is 2.24. The summed E-state index contributed by atoms with van der Waals surface area (Å²) in [6, 6.07) is 9.62. The zero-order valence-electron chi connectivity index (χ0n) is 15.1. The third kappa shape index (κ3) is 5.68. The number of guanidine groups is 1. The van der Waals surface area contributed by atoms with Gasteiger partial charge in [0.2, 0.25) is 5.91 Å². The fourth-order valence-corrected chi connectivity index (χ4v) is 2.85. The third-order valence-corrected chi connectivity index (χ3v) is 4.70. The molecule has 6 nitrogen and oxygen atoms in total. The molecule has 2 aromatic rings. The zero-order valence-corrected chi connectivity index (χ0v) is 16.6. The molecule has 3 N–H and O–H groups in total. The third-order valence-electron chi connectivity index (χ3n) is 3.86. The molecule has 0 unspecified atom stereocenters. The van der Waals surface area contributed by atoms with E-state index >= 15 is 0 Å². The molecule has 0 bridgehead atoms. The van der Waals surface area contributed by atoms with Crippen LogP contribution in [0.4, 0.5) is 5.69 Å². The molecule has 1 aromatic heterocycles. The molecule has 0 aliphatic rings. The summed E-state index contributed by atoms with van der Waals surface area (Å²) in [5.41, 5.74) is 2.94. The summed E-state index contributed by atoms with van der Waals surface area (Å²) in [5, 5.41) is 10.3. The van der Waals surface area contributed by atoms with Gasteiger partial charge >= 0.3 is 0 Å². The van der Waals surface area contributed by atoms with Gasteiger partial charge in [0.25, 0.3) is 0 Å². The van der Waals surface area contributed by atoms with Crippen LogP contribution in [0.3, 0.4) is 0 Å². The SMILES string of the molecule is CN=C(NCCc1ccc(NC(C)=O)cc1)NCc1cc(Cl)c(Cl)n1C. The lowest BCUT2D eigenvalue weighted by molar-refractivity contribution is -0.114. The standard InChI is InChI=1S/C18H23Cl2N5O/c1-12(26)24-14-6-4-13(5-7-14)8-9-22-18(21-2)23-11-15-10-16(19)17(20)25(15)3/h4-7,10H,8-9,11H2,1-3H3,(H,24,26)(H2,21,22,23). The van der Waals surface area contributed by atoms with Gasteiger partial charge in [0, 0.05) is 38.9 Å². The fourth-order valence-electron chi connectivity index (χ4n) is 2.44. The lowest BCUT2D eigenvalue weighted by Gasteiger charge is -2.12. The van der Waals surface area contributed by atoms with Crippen molar-refractivity contribution in [1.82, 2.24) is 15.2 Å². The van der Waals surface area contributed by atoms with Crippen molar-refractivity contribution in [3.05, 3.63) is 51.8 Å². The van der Waals surface area contributed by atoms with Gasteiger partial charge in [-0.05, 0) is 30.2 Å². The van der Waals surface area contributed by atoms with Crippen LogP contribution in [0.2, 0.25) is 10.2 Å². The number of hydrogen-bond donors (Lipinski definition) is 3. The van der Waals surface area contributed by atoms with Crippen LogP contribution in [0.1, 0.15) is 18.2 Å². The molecule has 0 spiro atoms. The van der Waals surface area contributed by atoms with Gasteiger partial charge in [-0.15, -0.1) is 0 Å². The molecule has 0 saturated heterocycles. The van der Waals surface area contributed by atoms with Crippen molar-refractivity contribution >= 4 is 40.8 Å². The quantitative estimate of drug-likeness (QED) is 0.519. The van der Waals surface area contributed by atoms with E-state index in [1.54, 1.807) is 7.05 Å². The smallest absolute Gasteiger partial charge is 0.221 e. The van der Waals surface area contributed by atoms with Crippen molar-refractivity contribution in [3.63, 3.8) is 0 Å². The molecule has 8 heteroatoms. The molecule has 0 aliphatic carbocycles. The number of amides is 1. The van der Waals surface area contributed by atoms with E-state index in [0.29, 0.717) is 22.7 Å². The summed E-state index contributed by atoms with van der Waals surface area (Å²) in [4.78, 5) is 15.2. The first-order valence-corrected chi connectivity index (χ1v) is 8.97. The number of anilines is 1. The maximum atomic E-state index is 11.0. The van der Waals surface area contributed by atoms with Crippen molar-refractivity contribution in [1.29, 1.82) is 0 Å². The second kappa shape index (κ2) is 9.50. The molecule has 0 fully saturated rings. The van der Waals surface area contributed by atoms with Gasteiger partial charge in [-0.1, -0.05) is 35.3 Å². The Bertz CT molecular complexity index is 784. The van der Waals surface area contributed by atoms with E-state index in [2.05, 4.69) is 20.9 Å². The molecule has 0 aliphatic heterocycles. The van der Waals surface area contributed by atoms with E-state index in [9.17, 15) is 4.79 Å².